The predicted octanol–water partition coefficient (Wildman–Crippen LogP) is 6.13. The van der Waals surface area contributed by atoms with Crippen molar-refractivity contribution >= 4 is 5.91 Å². The quantitative estimate of drug-likeness (QED) is 0.459. The zero-order valence-corrected chi connectivity index (χ0v) is 18.4. The van der Waals surface area contributed by atoms with E-state index in [-0.39, 0.29) is 12.0 Å². The van der Waals surface area contributed by atoms with Crippen LogP contribution in [-0.4, -0.2) is 21.4 Å². The lowest BCUT2D eigenvalue weighted by Gasteiger charge is -2.35. The van der Waals surface area contributed by atoms with E-state index in [1.165, 1.54) is 11.3 Å². The minimum absolute atomic E-state index is 0.138. The highest BCUT2D eigenvalue weighted by molar-refractivity contribution is 5.79. The third kappa shape index (κ3) is 5.98. The summed E-state index contributed by atoms with van der Waals surface area (Å²) in [5, 5.41) is 0. The summed E-state index contributed by atoms with van der Waals surface area (Å²) < 4.78 is 2.27. The van der Waals surface area contributed by atoms with Crippen molar-refractivity contribution in [3.05, 3.63) is 59.9 Å². The van der Waals surface area contributed by atoms with Crippen LogP contribution in [0.4, 0.5) is 0 Å². The van der Waals surface area contributed by atoms with Crippen molar-refractivity contribution < 1.29 is 4.79 Å². The molecule has 0 radical (unpaired) electrons. The molecule has 2 atom stereocenters. The maximum atomic E-state index is 13.4. The van der Waals surface area contributed by atoms with Gasteiger partial charge < -0.3 is 9.47 Å². The van der Waals surface area contributed by atoms with Gasteiger partial charge in [0, 0.05) is 30.4 Å². The number of benzene rings is 1. The Labute approximate surface area is 171 Å². The Balaban J connectivity index is 2.21. The van der Waals surface area contributed by atoms with Gasteiger partial charge in [-0.2, -0.15) is 0 Å². The summed E-state index contributed by atoms with van der Waals surface area (Å²) >= 11 is 0. The number of hydrogen-bond donors (Lipinski definition) is 0. The Morgan fingerprint density at radius 1 is 1.04 bits per heavy atom. The van der Waals surface area contributed by atoms with Crippen LogP contribution in [-0.2, 0) is 17.9 Å². The SMILES string of the molecule is CCCC[C@H](CC)C(=O)N(Cc1cccn1Cc1ccccc1)[C@H](C)C(C)C. The second-order valence-electron chi connectivity index (χ2n) is 8.31. The van der Waals surface area contributed by atoms with E-state index in [1.807, 2.05) is 6.07 Å². The van der Waals surface area contributed by atoms with Crippen LogP contribution >= 0.6 is 0 Å². The first kappa shape index (κ1) is 22.3. The molecule has 28 heavy (non-hydrogen) atoms. The highest BCUT2D eigenvalue weighted by atomic mass is 16.2. The summed E-state index contributed by atoms with van der Waals surface area (Å²) in [4.78, 5) is 15.6. The molecule has 1 aromatic carbocycles. The Kier molecular flexibility index (Phi) is 8.82. The zero-order chi connectivity index (χ0) is 20.5. The van der Waals surface area contributed by atoms with Crippen LogP contribution in [0, 0.1) is 11.8 Å². The lowest BCUT2D eigenvalue weighted by atomic mass is 9.95. The van der Waals surface area contributed by atoms with Gasteiger partial charge in [0.15, 0.2) is 0 Å². The summed E-state index contributed by atoms with van der Waals surface area (Å²) in [7, 11) is 0. The molecule has 2 aromatic rings. The summed E-state index contributed by atoms with van der Waals surface area (Å²) in [6.07, 6.45) is 6.31. The molecule has 1 amide bonds. The lowest BCUT2D eigenvalue weighted by molar-refractivity contribution is -0.139. The van der Waals surface area contributed by atoms with E-state index >= 15 is 0 Å². The van der Waals surface area contributed by atoms with Crippen molar-refractivity contribution in [2.45, 2.75) is 79.4 Å². The van der Waals surface area contributed by atoms with E-state index in [0.29, 0.717) is 18.4 Å². The summed E-state index contributed by atoms with van der Waals surface area (Å²) in [6, 6.07) is 15.0. The number of aromatic nitrogens is 1. The first-order valence-corrected chi connectivity index (χ1v) is 11.0. The molecule has 0 bridgehead atoms. The number of carbonyl (C=O) groups excluding carboxylic acids is 1. The molecule has 154 valence electrons. The second kappa shape index (κ2) is 11.1. The minimum atomic E-state index is 0.138. The first-order valence-electron chi connectivity index (χ1n) is 11.0. The van der Waals surface area contributed by atoms with Gasteiger partial charge in [0.25, 0.3) is 0 Å². The number of hydrogen-bond acceptors (Lipinski definition) is 1. The highest BCUT2D eigenvalue weighted by Crippen LogP contribution is 2.23. The highest BCUT2D eigenvalue weighted by Gasteiger charge is 2.28. The maximum absolute atomic E-state index is 13.4. The average molecular weight is 383 g/mol. The Bertz CT molecular complexity index is 704. The van der Waals surface area contributed by atoms with Crippen LogP contribution in [0.15, 0.2) is 48.7 Å². The van der Waals surface area contributed by atoms with Crippen LogP contribution < -0.4 is 0 Å². The Morgan fingerprint density at radius 2 is 1.75 bits per heavy atom. The standard InChI is InChI=1S/C25H38N2O/c1-6-8-15-23(7-2)25(28)27(21(5)20(3)4)19-24-16-12-17-26(24)18-22-13-10-9-11-14-22/h9-14,16-17,20-21,23H,6-8,15,18-19H2,1-5H3/t21-,23+/m1/s1. The van der Waals surface area contributed by atoms with Gasteiger partial charge in [-0.15, -0.1) is 0 Å². The van der Waals surface area contributed by atoms with Crippen LogP contribution in [0.2, 0.25) is 0 Å². The van der Waals surface area contributed by atoms with Crippen molar-refractivity contribution in [1.82, 2.24) is 9.47 Å². The lowest BCUT2D eigenvalue weighted by Crippen LogP contribution is -2.44. The number of amides is 1. The van der Waals surface area contributed by atoms with Crippen LogP contribution in [0.3, 0.4) is 0 Å². The third-order valence-electron chi connectivity index (χ3n) is 5.94. The van der Waals surface area contributed by atoms with Crippen molar-refractivity contribution in [1.29, 1.82) is 0 Å². The first-order chi connectivity index (χ1) is 13.5. The van der Waals surface area contributed by atoms with Crippen molar-refractivity contribution in [3.8, 4) is 0 Å². The monoisotopic (exact) mass is 382 g/mol. The molecule has 0 unspecified atom stereocenters. The molecule has 0 aliphatic heterocycles. The fraction of sp³-hybridized carbons (Fsp3) is 0.560. The molecule has 0 spiro atoms. The van der Waals surface area contributed by atoms with Gasteiger partial charge in [-0.05, 0) is 43.4 Å². The van der Waals surface area contributed by atoms with E-state index in [9.17, 15) is 4.79 Å². The maximum Gasteiger partial charge on any atom is 0.226 e. The van der Waals surface area contributed by atoms with Gasteiger partial charge in [-0.25, -0.2) is 0 Å². The molecule has 1 aromatic heterocycles. The van der Waals surface area contributed by atoms with E-state index in [1.54, 1.807) is 0 Å². The van der Waals surface area contributed by atoms with Crippen LogP contribution in [0.5, 0.6) is 0 Å². The molecule has 0 saturated heterocycles. The van der Waals surface area contributed by atoms with E-state index < -0.39 is 0 Å². The summed E-state index contributed by atoms with van der Waals surface area (Å²) in [6.45, 7) is 12.5. The van der Waals surface area contributed by atoms with E-state index in [4.69, 9.17) is 0 Å². The molecule has 1 heterocycles. The van der Waals surface area contributed by atoms with Crippen molar-refractivity contribution in [2.24, 2.45) is 11.8 Å². The van der Waals surface area contributed by atoms with Crippen LogP contribution in [0.1, 0.15) is 71.6 Å². The number of nitrogens with zero attached hydrogens (tertiary/aromatic N) is 2. The number of unbranched alkanes of at least 4 members (excludes halogenated alkanes) is 1. The zero-order valence-electron chi connectivity index (χ0n) is 18.4. The topological polar surface area (TPSA) is 25.2 Å². The van der Waals surface area contributed by atoms with Crippen LogP contribution in [0.25, 0.3) is 0 Å². The fourth-order valence-electron chi connectivity index (χ4n) is 3.67. The molecular formula is C25H38N2O. The Hall–Kier alpha value is -2.03. The molecular weight excluding hydrogens is 344 g/mol. The predicted molar refractivity (Wildman–Crippen MR) is 118 cm³/mol. The fourth-order valence-corrected chi connectivity index (χ4v) is 3.67. The van der Waals surface area contributed by atoms with Gasteiger partial charge >= 0.3 is 0 Å². The Morgan fingerprint density at radius 3 is 2.36 bits per heavy atom. The summed E-state index contributed by atoms with van der Waals surface area (Å²) in [5.41, 5.74) is 2.49. The minimum Gasteiger partial charge on any atom is -0.345 e. The molecule has 2 rings (SSSR count). The van der Waals surface area contributed by atoms with Gasteiger partial charge in [0.1, 0.15) is 0 Å². The number of carbonyl (C=O) groups is 1. The normalized spacial score (nSPS) is 13.5. The molecule has 0 fully saturated rings. The number of rotatable bonds is 11. The smallest absolute Gasteiger partial charge is 0.226 e. The largest absolute Gasteiger partial charge is 0.345 e. The van der Waals surface area contributed by atoms with Gasteiger partial charge in [0.05, 0.1) is 6.54 Å². The second-order valence-corrected chi connectivity index (χ2v) is 8.31. The van der Waals surface area contributed by atoms with Gasteiger partial charge in [-0.3, -0.25) is 4.79 Å². The van der Waals surface area contributed by atoms with Crippen molar-refractivity contribution in [3.63, 3.8) is 0 Å². The molecule has 3 heteroatoms. The van der Waals surface area contributed by atoms with Gasteiger partial charge in [0.2, 0.25) is 5.91 Å². The van der Waals surface area contributed by atoms with E-state index in [2.05, 4.69) is 86.7 Å². The third-order valence-corrected chi connectivity index (χ3v) is 5.94. The molecule has 0 aliphatic carbocycles. The van der Waals surface area contributed by atoms with Crippen molar-refractivity contribution in [2.75, 3.05) is 0 Å². The molecule has 0 saturated carbocycles. The average Bonchev–Trinajstić information content (AvgIpc) is 3.13. The molecule has 0 N–H and O–H groups in total. The molecule has 3 nitrogen and oxygen atoms in total. The molecule has 0 aliphatic rings. The summed E-state index contributed by atoms with van der Waals surface area (Å²) in [5.74, 6) is 0.897. The van der Waals surface area contributed by atoms with Gasteiger partial charge in [-0.1, -0.05) is 70.9 Å². The van der Waals surface area contributed by atoms with E-state index in [0.717, 1.165) is 32.2 Å².